The third kappa shape index (κ3) is 2.98. The highest BCUT2D eigenvalue weighted by Gasteiger charge is 2.35. The van der Waals surface area contributed by atoms with Crippen LogP contribution in [-0.2, 0) is 21.9 Å². The van der Waals surface area contributed by atoms with Gasteiger partial charge in [-0.3, -0.25) is 9.48 Å². The highest BCUT2D eigenvalue weighted by Crippen LogP contribution is 2.30. The van der Waals surface area contributed by atoms with Crippen molar-refractivity contribution in [1.82, 2.24) is 14.7 Å². The van der Waals surface area contributed by atoms with Gasteiger partial charge >= 0.3 is 0 Å². The lowest BCUT2D eigenvalue weighted by molar-refractivity contribution is -0.121. The van der Waals surface area contributed by atoms with Gasteiger partial charge in [-0.2, -0.15) is 13.5 Å². The first-order valence-electron chi connectivity index (χ1n) is 8.43. The largest absolute Gasteiger partial charge is 0.355 e. The number of anilines is 1. The smallest absolute Gasteiger partial charge is 0.285 e. The second-order valence-corrected chi connectivity index (χ2v) is 8.14. The molecule has 1 aromatic heterocycles. The van der Waals surface area contributed by atoms with E-state index < -0.39 is 10.0 Å². The minimum atomic E-state index is -3.65. The number of carbonyl (C=O) groups is 1. The highest BCUT2D eigenvalue weighted by atomic mass is 32.2. The Morgan fingerprint density at radius 2 is 2.12 bits per heavy atom. The van der Waals surface area contributed by atoms with E-state index in [2.05, 4.69) is 14.8 Å². The van der Waals surface area contributed by atoms with Crippen LogP contribution in [0.3, 0.4) is 0 Å². The molecule has 1 fully saturated rings. The second-order valence-electron chi connectivity index (χ2n) is 6.56. The Labute approximate surface area is 151 Å². The maximum atomic E-state index is 12.6. The topological polar surface area (TPSA) is 96.7 Å². The van der Waals surface area contributed by atoms with Crippen LogP contribution in [0.4, 0.5) is 5.69 Å². The summed E-state index contributed by atoms with van der Waals surface area (Å²) in [6.07, 6.45) is 4.89. The van der Waals surface area contributed by atoms with E-state index in [0.29, 0.717) is 30.2 Å². The van der Waals surface area contributed by atoms with Gasteiger partial charge in [0.1, 0.15) is 4.90 Å². The summed E-state index contributed by atoms with van der Waals surface area (Å²) in [7, 11) is -1.87. The molecule has 0 aliphatic carbocycles. The number of amides is 1. The summed E-state index contributed by atoms with van der Waals surface area (Å²) >= 11 is 0. The van der Waals surface area contributed by atoms with Crippen LogP contribution in [0.25, 0.3) is 0 Å². The van der Waals surface area contributed by atoms with Gasteiger partial charge in [0.05, 0.1) is 17.8 Å². The minimum Gasteiger partial charge on any atom is -0.355 e. The van der Waals surface area contributed by atoms with Crippen LogP contribution < -0.4 is 5.32 Å². The summed E-state index contributed by atoms with van der Waals surface area (Å²) < 4.78 is 30.1. The van der Waals surface area contributed by atoms with E-state index in [1.165, 1.54) is 0 Å². The van der Waals surface area contributed by atoms with Gasteiger partial charge in [0, 0.05) is 31.9 Å². The molecule has 0 radical (unpaired) electrons. The van der Waals surface area contributed by atoms with Crippen molar-refractivity contribution >= 4 is 27.5 Å². The highest BCUT2D eigenvalue weighted by molar-refractivity contribution is 7.90. The Bertz CT molecular complexity index is 995. The van der Waals surface area contributed by atoms with Gasteiger partial charge in [-0.15, -0.1) is 4.40 Å². The van der Waals surface area contributed by atoms with Crippen molar-refractivity contribution in [3.63, 3.8) is 0 Å². The maximum absolute atomic E-state index is 12.6. The molecule has 0 bridgehead atoms. The predicted octanol–water partition coefficient (Wildman–Crippen LogP) is 1.22. The molecule has 4 rings (SSSR count). The Balaban J connectivity index is 1.53. The molecule has 2 aromatic rings. The zero-order valence-electron chi connectivity index (χ0n) is 14.3. The molecule has 0 saturated carbocycles. The van der Waals surface area contributed by atoms with Gasteiger partial charge < -0.3 is 10.2 Å². The average molecular weight is 373 g/mol. The number of rotatable bonds is 2. The summed E-state index contributed by atoms with van der Waals surface area (Å²) in [5.41, 5.74) is 1.27. The molecule has 9 heteroatoms. The molecule has 136 valence electrons. The fourth-order valence-corrected chi connectivity index (χ4v) is 4.66. The van der Waals surface area contributed by atoms with Gasteiger partial charge in [0.2, 0.25) is 5.91 Å². The lowest BCUT2D eigenvalue weighted by Gasteiger charge is -2.33. The molecular weight excluding hydrogens is 354 g/mol. The molecule has 2 aliphatic rings. The van der Waals surface area contributed by atoms with Crippen molar-refractivity contribution in [2.45, 2.75) is 17.7 Å². The molecule has 26 heavy (non-hydrogen) atoms. The van der Waals surface area contributed by atoms with E-state index in [1.54, 1.807) is 48.4 Å². The lowest BCUT2D eigenvalue weighted by Crippen LogP contribution is -2.43. The Morgan fingerprint density at radius 1 is 1.31 bits per heavy atom. The van der Waals surface area contributed by atoms with Crippen molar-refractivity contribution in [2.75, 3.05) is 18.4 Å². The minimum absolute atomic E-state index is 0.0857. The van der Waals surface area contributed by atoms with Gasteiger partial charge in [-0.25, -0.2) is 0 Å². The molecule has 1 saturated heterocycles. The maximum Gasteiger partial charge on any atom is 0.285 e. The Hall–Kier alpha value is -2.68. The number of likely N-dealkylation sites (tertiary alicyclic amines) is 1. The first-order valence-corrected chi connectivity index (χ1v) is 9.87. The Kier molecular flexibility index (Phi) is 4.03. The van der Waals surface area contributed by atoms with E-state index in [-0.39, 0.29) is 16.7 Å². The van der Waals surface area contributed by atoms with E-state index in [0.717, 1.165) is 12.8 Å². The zero-order valence-corrected chi connectivity index (χ0v) is 15.1. The summed E-state index contributed by atoms with van der Waals surface area (Å²) in [6.45, 7) is 1.12. The lowest BCUT2D eigenvalue weighted by atomic mass is 9.96. The number of sulfonamides is 1. The summed E-state index contributed by atoms with van der Waals surface area (Å²) in [5, 5.41) is 6.91. The molecule has 1 amide bonds. The summed E-state index contributed by atoms with van der Waals surface area (Å²) in [4.78, 5) is 14.7. The fraction of sp³-hybridized carbons (Fsp3) is 0.353. The number of fused-ring (bicyclic) bond motifs is 1. The third-order valence-corrected chi connectivity index (χ3v) is 6.00. The van der Waals surface area contributed by atoms with Gasteiger partial charge in [-0.1, -0.05) is 12.1 Å². The van der Waals surface area contributed by atoms with Crippen molar-refractivity contribution in [1.29, 1.82) is 0 Å². The van der Waals surface area contributed by atoms with Crippen molar-refractivity contribution < 1.29 is 13.2 Å². The van der Waals surface area contributed by atoms with Gasteiger partial charge in [0.25, 0.3) is 10.0 Å². The van der Waals surface area contributed by atoms with Crippen molar-refractivity contribution in [3.8, 4) is 0 Å². The second kappa shape index (κ2) is 6.24. The molecule has 8 nitrogen and oxygen atoms in total. The van der Waals surface area contributed by atoms with Crippen LogP contribution in [0, 0.1) is 5.92 Å². The first-order chi connectivity index (χ1) is 12.4. The summed E-state index contributed by atoms with van der Waals surface area (Å²) in [5.74, 6) is 0.124. The quantitative estimate of drug-likeness (QED) is 0.854. The van der Waals surface area contributed by atoms with Crippen LogP contribution in [0.5, 0.6) is 0 Å². The number of nitrogens with zero attached hydrogens (tertiary/aromatic N) is 4. The van der Waals surface area contributed by atoms with Crippen LogP contribution in [-0.4, -0.2) is 47.9 Å². The van der Waals surface area contributed by atoms with Crippen LogP contribution in [0.1, 0.15) is 18.4 Å². The monoisotopic (exact) mass is 373 g/mol. The van der Waals surface area contributed by atoms with Gasteiger partial charge in [-0.05, 0) is 25.0 Å². The van der Waals surface area contributed by atoms with Gasteiger partial charge in [0.15, 0.2) is 5.84 Å². The van der Waals surface area contributed by atoms with Crippen LogP contribution >= 0.6 is 0 Å². The number of carbonyl (C=O) groups excluding carboxylic acids is 1. The number of piperidine rings is 1. The third-order valence-electron chi connectivity index (χ3n) is 4.68. The number of nitrogens with one attached hydrogen (secondary N) is 1. The molecule has 1 aromatic carbocycles. The van der Waals surface area contributed by atoms with E-state index in [4.69, 9.17) is 0 Å². The molecule has 3 heterocycles. The van der Waals surface area contributed by atoms with Crippen molar-refractivity contribution in [2.24, 2.45) is 17.4 Å². The van der Waals surface area contributed by atoms with Crippen LogP contribution in [0.15, 0.2) is 46.0 Å². The average Bonchev–Trinajstić information content (AvgIpc) is 3.16. The normalized spacial score (nSPS) is 21.2. The van der Waals surface area contributed by atoms with E-state index in [9.17, 15) is 13.2 Å². The molecule has 0 spiro atoms. The van der Waals surface area contributed by atoms with Crippen LogP contribution in [0.2, 0.25) is 0 Å². The fourth-order valence-electron chi connectivity index (χ4n) is 3.43. The standard InChI is InChI=1S/C17H19N5O3S/c1-21-11-13(9-18-21)19-17(23)12-5-4-8-22(10-12)16-14-6-2-3-7-15(14)26(24,25)20-16/h2-3,6-7,9,11-12H,4-5,8,10H2,1H3,(H,19,23)/t12-/m0/s1. The number of aryl methyl sites for hydroxylation is 1. The Morgan fingerprint density at radius 3 is 2.88 bits per heavy atom. The zero-order chi connectivity index (χ0) is 18.3. The van der Waals surface area contributed by atoms with E-state index in [1.807, 2.05) is 4.90 Å². The number of benzene rings is 1. The number of aromatic nitrogens is 2. The molecular formula is C17H19N5O3S. The predicted molar refractivity (Wildman–Crippen MR) is 96.3 cm³/mol. The molecule has 2 aliphatic heterocycles. The summed E-state index contributed by atoms with van der Waals surface area (Å²) in [6, 6.07) is 6.82. The molecule has 1 atom stereocenters. The molecule has 0 unspecified atom stereocenters. The molecule has 1 N–H and O–H groups in total. The number of amidine groups is 1. The SMILES string of the molecule is Cn1cc(NC(=O)[C@H]2CCCN(C3=NS(=O)(=O)c4ccccc43)C2)cn1. The number of hydrogen-bond donors (Lipinski definition) is 1. The van der Waals surface area contributed by atoms with Crippen molar-refractivity contribution in [3.05, 3.63) is 42.2 Å². The number of hydrogen-bond acceptors (Lipinski definition) is 5. The first kappa shape index (κ1) is 16.8. The van der Waals surface area contributed by atoms with E-state index >= 15 is 0 Å².